The highest BCUT2D eigenvalue weighted by Gasteiger charge is 2.04. The molecule has 0 saturated carbocycles. The van der Waals surface area contributed by atoms with Gasteiger partial charge in [-0.1, -0.05) is 17.2 Å². The van der Waals surface area contributed by atoms with Gasteiger partial charge in [0.1, 0.15) is 6.61 Å². The van der Waals surface area contributed by atoms with Crippen molar-refractivity contribution in [3.05, 3.63) is 45.8 Å². The first-order chi connectivity index (χ1) is 9.13. The van der Waals surface area contributed by atoms with Gasteiger partial charge in [0.2, 0.25) is 0 Å². The Morgan fingerprint density at radius 2 is 2.05 bits per heavy atom. The summed E-state index contributed by atoms with van der Waals surface area (Å²) in [5.74, 6) is -0.289. The average Bonchev–Trinajstić information content (AvgIpc) is 2.41. The van der Waals surface area contributed by atoms with Crippen LogP contribution in [0.15, 0.2) is 29.4 Å². The molecular weight excluding hydrogens is 250 g/mol. The summed E-state index contributed by atoms with van der Waals surface area (Å²) in [5, 5.41) is 5.98. The minimum Gasteiger partial charge on any atom is -0.448 e. The number of ether oxygens (including phenoxy) is 1. The molecule has 0 bridgehead atoms. The first-order valence-corrected chi connectivity index (χ1v) is 5.43. The highest BCUT2D eigenvalue weighted by atomic mass is 16.5. The Bertz CT molecular complexity index is 494. The Balaban J connectivity index is 2.44. The number of azide groups is 1. The summed E-state index contributed by atoms with van der Waals surface area (Å²) in [4.78, 5) is 24.6. The highest BCUT2D eigenvalue weighted by Crippen LogP contribution is 2.05. The number of benzene rings is 1. The summed E-state index contributed by atoms with van der Waals surface area (Å²) in [7, 11) is 0. The number of hydrogen-bond donors (Lipinski definition) is 2. The van der Waals surface area contributed by atoms with Gasteiger partial charge in [0.05, 0.1) is 13.1 Å². The first-order valence-electron chi connectivity index (χ1n) is 5.43. The largest absolute Gasteiger partial charge is 0.448 e. The molecule has 0 heterocycles. The lowest BCUT2D eigenvalue weighted by Crippen LogP contribution is -2.28. The van der Waals surface area contributed by atoms with Crippen LogP contribution in [-0.4, -0.2) is 25.2 Å². The van der Waals surface area contributed by atoms with Gasteiger partial charge in [-0.3, -0.25) is 4.79 Å². The van der Waals surface area contributed by atoms with Crippen LogP contribution in [0.3, 0.4) is 0 Å². The molecule has 1 aromatic rings. The van der Waals surface area contributed by atoms with Crippen molar-refractivity contribution in [2.75, 3.05) is 13.2 Å². The van der Waals surface area contributed by atoms with E-state index in [1.54, 1.807) is 24.3 Å². The molecule has 0 atom stereocenters. The zero-order valence-corrected chi connectivity index (χ0v) is 10.1. The van der Waals surface area contributed by atoms with E-state index in [0.29, 0.717) is 5.56 Å². The van der Waals surface area contributed by atoms with Gasteiger partial charge in [0.25, 0.3) is 5.91 Å². The second-order valence-electron chi connectivity index (χ2n) is 3.51. The van der Waals surface area contributed by atoms with Gasteiger partial charge in [-0.15, -0.1) is 0 Å². The summed E-state index contributed by atoms with van der Waals surface area (Å²) in [6.07, 6.45) is -0.878. The number of hydrogen-bond acceptors (Lipinski definition) is 4. The van der Waals surface area contributed by atoms with Gasteiger partial charge in [0.15, 0.2) is 0 Å². The van der Waals surface area contributed by atoms with E-state index in [1.165, 1.54) is 0 Å². The quantitative estimate of drug-likeness (QED) is 0.347. The second kappa shape index (κ2) is 7.57. The Morgan fingerprint density at radius 3 is 2.63 bits per heavy atom. The fraction of sp³-hybridized carbons (Fsp3) is 0.273. The molecule has 3 N–H and O–H groups in total. The van der Waals surface area contributed by atoms with E-state index in [9.17, 15) is 9.59 Å². The van der Waals surface area contributed by atoms with Crippen LogP contribution in [0.1, 0.15) is 15.9 Å². The molecule has 8 heteroatoms. The summed E-state index contributed by atoms with van der Waals surface area (Å²) >= 11 is 0. The Hall–Kier alpha value is -2.73. The van der Waals surface area contributed by atoms with Crippen molar-refractivity contribution < 1.29 is 14.3 Å². The average molecular weight is 263 g/mol. The molecule has 19 heavy (non-hydrogen) atoms. The number of carbonyl (C=O) groups excluding carboxylic acids is 2. The van der Waals surface area contributed by atoms with Crippen molar-refractivity contribution in [1.29, 1.82) is 0 Å². The lowest BCUT2D eigenvalue weighted by atomic mass is 10.1. The summed E-state index contributed by atoms with van der Waals surface area (Å²) in [5.41, 5.74) is 14.2. The fourth-order valence-electron chi connectivity index (χ4n) is 1.29. The first kappa shape index (κ1) is 14.3. The van der Waals surface area contributed by atoms with Crippen molar-refractivity contribution in [2.45, 2.75) is 6.54 Å². The topological polar surface area (TPSA) is 130 Å². The monoisotopic (exact) mass is 263 g/mol. The predicted octanol–water partition coefficient (Wildman–Crippen LogP) is 1.32. The molecule has 0 aromatic heterocycles. The molecule has 0 aliphatic rings. The van der Waals surface area contributed by atoms with Gasteiger partial charge >= 0.3 is 6.09 Å². The smallest absolute Gasteiger partial charge is 0.404 e. The zero-order valence-electron chi connectivity index (χ0n) is 10.1. The van der Waals surface area contributed by atoms with Crippen molar-refractivity contribution >= 4 is 12.0 Å². The van der Waals surface area contributed by atoms with Crippen LogP contribution in [0, 0.1) is 0 Å². The third kappa shape index (κ3) is 5.42. The molecule has 8 nitrogen and oxygen atoms in total. The van der Waals surface area contributed by atoms with Crippen LogP contribution < -0.4 is 11.1 Å². The Morgan fingerprint density at radius 1 is 1.37 bits per heavy atom. The van der Waals surface area contributed by atoms with Crippen LogP contribution >= 0.6 is 0 Å². The fourth-order valence-corrected chi connectivity index (χ4v) is 1.29. The van der Waals surface area contributed by atoms with Gasteiger partial charge in [0, 0.05) is 10.5 Å². The van der Waals surface area contributed by atoms with Gasteiger partial charge in [-0.05, 0) is 23.2 Å². The number of amides is 2. The maximum atomic E-state index is 11.6. The third-order valence-electron chi connectivity index (χ3n) is 2.16. The zero-order chi connectivity index (χ0) is 14.1. The van der Waals surface area contributed by atoms with Crippen molar-refractivity contribution in [3.8, 4) is 0 Å². The number of nitrogens with two attached hydrogens (primary N) is 1. The maximum absolute atomic E-state index is 11.6. The van der Waals surface area contributed by atoms with E-state index in [4.69, 9.17) is 11.3 Å². The summed E-state index contributed by atoms with van der Waals surface area (Å²) < 4.78 is 4.47. The maximum Gasteiger partial charge on any atom is 0.404 e. The lowest BCUT2D eigenvalue weighted by molar-refractivity contribution is 0.0937. The molecule has 0 fully saturated rings. The molecule has 0 unspecified atom stereocenters. The predicted molar refractivity (Wildman–Crippen MR) is 67.2 cm³/mol. The SMILES string of the molecule is [N-]=[N+]=NCc1ccc(C(=O)NCCOC(N)=O)cc1. The number of rotatable bonds is 6. The van der Waals surface area contributed by atoms with Crippen molar-refractivity contribution in [3.63, 3.8) is 0 Å². The summed E-state index contributed by atoms with van der Waals surface area (Å²) in [6.45, 7) is 0.448. The van der Waals surface area contributed by atoms with Crippen LogP contribution in [0.5, 0.6) is 0 Å². The van der Waals surface area contributed by atoms with Crippen molar-refractivity contribution in [2.24, 2.45) is 10.8 Å². The molecular formula is C11H13N5O3. The molecule has 0 aliphatic heterocycles. The molecule has 100 valence electrons. The standard InChI is InChI=1S/C11H13N5O3/c12-11(18)19-6-5-14-10(17)9-3-1-8(2-4-9)7-15-16-13/h1-4H,5-7H2,(H2,12,18)(H,14,17). The molecule has 0 aliphatic carbocycles. The number of nitrogens with zero attached hydrogens (tertiary/aromatic N) is 3. The van der Waals surface area contributed by atoms with Crippen LogP contribution in [-0.2, 0) is 11.3 Å². The molecule has 2 amide bonds. The van der Waals surface area contributed by atoms with Gasteiger partial charge in [-0.2, -0.15) is 0 Å². The van der Waals surface area contributed by atoms with E-state index >= 15 is 0 Å². The second-order valence-corrected chi connectivity index (χ2v) is 3.51. The minimum atomic E-state index is -0.878. The van der Waals surface area contributed by atoms with Crippen LogP contribution in [0.2, 0.25) is 0 Å². The normalized spacial score (nSPS) is 9.26. The third-order valence-corrected chi connectivity index (χ3v) is 2.16. The van der Waals surface area contributed by atoms with Gasteiger partial charge < -0.3 is 15.8 Å². The number of carbonyl (C=O) groups is 2. The molecule has 0 radical (unpaired) electrons. The van der Waals surface area contributed by atoms with Crippen LogP contribution in [0.25, 0.3) is 10.4 Å². The Labute approximate surface area is 109 Å². The molecule has 0 saturated heterocycles. The highest BCUT2D eigenvalue weighted by molar-refractivity contribution is 5.94. The Kier molecular flexibility index (Phi) is 5.71. The van der Waals surface area contributed by atoms with E-state index in [-0.39, 0.29) is 25.6 Å². The van der Waals surface area contributed by atoms with E-state index in [0.717, 1.165) is 5.56 Å². The van der Waals surface area contributed by atoms with Gasteiger partial charge in [-0.25, -0.2) is 4.79 Å². The molecule has 1 aromatic carbocycles. The van der Waals surface area contributed by atoms with Crippen molar-refractivity contribution in [1.82, 2.24) is 5.32 Å². The van der Waals surface area contributed by atoms with E-state index < -0.39 is 6.09 Å². The minimum absolute atomic E-state index is 0.0239. The number of primary amides is 1. The molecule has 0 spiro atoms. The van der Waals surface area contributed by atoms with Crippen LogP contribution in [0.4, 0.5) is 4.79 Å². The lowest BCUT2D eigenvalue weighted by Gasteiger charge is -2.05. The molecule has 1 rings (SSSR count). The van der Waals surface area contributed by atoms with E-state index in [1.807, 2.05) is 0 Å². The number of nitrogens with one attached hydrogen (secondary N) is 1. The van der Waals surface area contributed by atoms with E-state index in [2.05, 4.69) is 20.1 Å². The summed E-state index contributed by atoms with van der Waals surface area (Å²) in [6, 6.07) is 6.63.